The first kappa shape index (κ1) is 11.9. The van der Waals surface area contributed by atoms with Gasteiger partial charge in [-0.3, -0.25) is 0 Å². The third-order valence-electron chi connectivity index (χ3n) is 4.33. The molecule has 0 aromatic carbocycles. The van der Waals surface area contributed by atoms with Crippen LogP contribution in [0, 0.1) is 23.2 Å². The highest BCUT2D eigenvalue weighted by Crippen LogP contribution is 2.26. The lowest BCUT2D eigenvalue weighted by Crippen LogP contribution is -2.37. The summed E-state index contributed by atoms with van der Waals surface area (Å²) in [5.41, 5.74) is 0. The molecule has 1 N–H and O–H groups in total. The van der Waals surface area contributed by atoms with Gasteiger partial charge in [-0.15, -0.1) is 0 Å². The highest BCUT2D eigenvalue weighted by molar-refractivity contribution is 4.93. The van der Waals surface area contributed by atoms with E-state index in [2.05, 4.69) is 11.4 Å². The van der Waals surface area contributed by atoms with Crippen molar-refractivity contribution in [3.63, 3.8) is 0 Å². The lowest BCUT2D eigenvalue weighted by atomic mass is 9.95. The Morgan fingerprint density at radius 3 is 2.38 bits per heavy atom. The number of rotatable bonds is 3. The molecule has 2 fully saturated rings. The van der Waals surface area contributed by atoms with Crippen LogP contribution in [0.2, 0.25) is 0 Å². The first-order valence-corrected chi connectivity index (χ1v) is 7.03. The highest BCUT2D eigenvalue weighted by Gasteiger charge is 2.24. The van der Waals surface area contributed by atoms with E-state index in [4.69, 9.17) is 0 Å². The molecule has 2 heteroatoms. The van der Waals surface area contributed by atoms with E-state index >= 15 is 0 Å². The first-order chi connectivity index (χ1) is 7.90. The maximum atomic E-state index is 9.19. The molecule has 0 aromatic heterocycles. The molecule has 0 spiro atoms. The Bertz CT molecular complexity index is 238. The Morgan fingerprint density at radius 2 is 1.62 bits per heavy atom. The maximum absolute atomic E-state index is 9.19. The van der Waals surface area contributed by atoms with Crippen LogP contribution in [0.5, 0.6) is 0 Å². The minimum absolute atomic E-state index is 0.268. The molecule has 2 aliphatic rings. The summed E-state index contributed by atoms with van der Waals surface area (Å²) in [6.45, 7) is 1.16. The average Bonchev–Trinajstić information content (AvgIpc) is 2.71. The third-order valence-corrected chi connectivity index (χ3v) is 4.33. The SMILES string of the molecule is N#CC1CCCCCC1NCC1CCCC1. The monoisotopic (exact) mass is 220 g/mol. The minimum Gasteiger partial charge on any atom is -0.312 e. The van der Waals surface area contributed by atoms with Crippen LogP contribution in [0.1, 0.15) is 57.8 Å². The van der Waals surface area contributed by atoms with Crippen LogP contribution in [-0.2, 0) is 0 Å². The molecule has 0 aromatic rings. The van der Waals surface area contributed by atoms with Crippen LogP contribution in [-0.4, -0.2) is 12.6 Å². The maximum Gasteiger partial charge on any atom is 0.0672 e. The summed E-state index contributed by atoms with van der Waals surface area (Å²) >= 11 is 0. The average molecular weight is 220 g/mol. The fraction of sp³-hybridized carbons (Fsp3) is 0.929. The molecule has 90 valence electrons. The predicted octanol–water partition coefficient (Wildman–Crippen LogP) is 3.24. The number of hydrogen-bond acceptors (Lipinski definition) is 2. The van der Waals surface area contributed by atoms with Gasteiger partial charge in [-0.05, 0) is 38.1 Å². The van der Waals surface area contributed by atoms with Gasteiger partial charge in [-0.1, -0.05) is 32.1 Å². The Balaban J connectivity index is 1.78. The van der Waals surface area contributed by atoms with E-state index in [0.29, 0.717) is 6.04 Å². The molecule has 0 aliphatic heterocycles. The standard InChI is InChI=1S/C14H24N2/c15-10-13-8-2-1-3-9-14(13)16-11-12-6-4-5-7-12/h12-14,16H,1-9,11H2. The van der Waals surface area contributed by atoms with Crippen molar-refractivity contribution in [3.8, 4) is 6.07 Å². The minimum atomic E-state index is 0.268. The van der Waals surface area contributed by atoms with E-state index in [-0.39, 0.29) is 5.92 Å². The van der Waals surface area contributed by atoms with Gasteiger partial charge >= 0.3 is 0 Å². The summed E-state index contributed by atoms with van der Waals surface area (Å²) in [7, 11) is 0. The second kappa shape index (κ2) is 6.25. The van der Waals surface area contributed by atoms with E-state index in [0.717, 1.165) is 18.9 Å². The van der Waals surface area contributed by atoms with E-state index in [9.17, 15) is 5.26 Å². The van der Waals surface area contributed by atoms with Crippen molar-refractivity contribution in [3.05, 3.63) is 0 Å². The van der Waals surface area contributed by atoms with E-state index < -0.39 is 0 Å². The summed E-state index contributed by atoms with van der Waals surface area (Å²) in [6.07, 6.45) is 11.8. The number of hydrogen-bond donors (Lipinski definition) is 1. The summed E-state index contributed by atoms with van der Waals surface area (Å²) < 4.78 is 0. The summed E-state index contributed by atoms with van der Waals surface area (Å²) in [5, 5.41) is 12.9. The van der Waals surface area contributed by atoms with Crippen LogP contribution in [0.4, 0.5) is 0 Å². The number of nitrogens with one attached hydrogen (secondary N) is 1. The first-order valence-electron chi connectivity index (χ1n) is 7.03. The molecule has 16 heavy (non-hydrogen) atoms. The molecular weight excluding hydrogens is 196 g/mol. The molecule has 0 heterocycles. The molecular formula is C14H24N2. The largest absolute Gasteiger partial charge is 0.312 e. The summed E-state index contributed by atoms with van der Waals surface area (Å²) in [5.74, 6) is 1.16. The Morgan fingerprint density at radius 1 is 0.938 bits per heavy atom. The lowest BCUT2D eigenvalue weighted by Gasteiger charge is -2.22. The molecule has 2 rings (SSSR count). The van der Waals surface area contributed by atoms with Crippen molar-refractivity contribution in [2.24, 2.45) is 11.8 Å². The Kier molecular flexibility index (Phi) is 4.66. The third kappa shape index (κ3) is 3.22. The van der Waals surface area contributed by atoms with Crippen molar-refractivity contribution in [1.29, 1.82) is 5.26 Å². The van der Waals surface area contributed by atoms with Crippen LogP contribution >= 0.6 is 0 Å². The normalized spacial score (nSPS) is 32.2. The van der Waals surface area contributed by atoms with E-state index in [1.165, 1.54) is 51.4 Å². The zero-order valence-electron chi connectivity index (χ0n) is 10.3. The molecule has 2 saturated carbocycles. The highest BCUT2D eigenvalue weighted by atomic mass is 14.9. The lowest BCUT2D eigenvalue weighted by molar-refractivity contribution is 0.360. The van der Waals surface area contributed by atoms with Gasteiger partial charge in [0.2, 0.25) is 0 Å². The van der Waals surface area contributed by atoms with Gasteiger partial charge in [-0.2, -0.15) is 5.26 Å². The van der Waals surface area contributed by atoms with Crippen LogP contribution in [0.15, 0.2) is 0 Å². The molecule has 2 nitrogen and oxygen atoms in total. The van der Waals surface area contributed by atoms with Gasteiger partial charge in [-0.25, -0.2) is 0 Å². The van der Waals surface area contributed by atoms with Crippen molar-refractivity contribution in [2.45, 2.75) is 63.8 Å². The van der Waals surface area contributed by atoms with Crippen molar-refractivity contribution in [2.75, 3.05) is 6.54 Å². The zero-order valence-corrected chi connectivity index (χ0v) is 10.3. The topological polar surface area (TPSA) is 35.8 Å². The van der Waals surface area contributed by atoms with Gasteiger partial charge in [0.25, 0.3) is 0 Å². The fourth-order valence-corrected chi connectivity index (χ4v) is 3.24. The van der Waals surface area contributed by atoms with Crippen molar-refractivity contribution in [1.82, 2.24) is 5.32 Å². The van der Waals surface area contributed by atoms with Gasteiger partial charge in [0.05, 0.1) is 12.0 Å². The van der Waals surface area contributed by atoms with Crippen LogP contribution < -0.4 is 5.32 Å². The smallest absolute Gasteiger partial charge is 0.0672 e. The van der Waals surface area contributed by atoms with Crippen molar-refractivity contribution < 1.29 is 0 Å². The molecule has 2 unspecified atom stereocenters. The zero-order chi connectivity index (χ0) is 11.2. The second-order valence-electron chi connectivity index (χ2n) is 5.54. The number of nitriles is 1. The fourth-order valence-electron chi connectivity index (χ4n) is 3.24. The Hall–Kier alpha value is -0.550. The van der Waals surface area contributed by atoms with Gasteiger partial charge in [0, 0.05) is 6.04 Å². The molecule has 0 radical (unpaired) electrons. The van der Waals surface area contributed by atoms with E-state index in [1.54, 1.807) is 0 Å². The molecule has 2 atom stereocenters. The molecule has 0 saturated heterocycles. The summed E-state index contributed by atoms with van der Waals surface area (Å²) in [6, 6.07) is 2.99. The second-order valence-corrected chi connectivity index (χ2v) is 5.54. The van der Waals surface area contributed by atoms with Gasteiger partial charge in [0.1, 0.15) is 0 Å². The van der Waals surface area contributed by atoms with E-state index in [1.807, 2.05) is 0 Å². The van der Waals surface area contributed by atoms with Crippen LogP contribution in [0.3, 0.4) is 0 Å². The molecule has 2 aliphatic carbocycles. The van der Waals surface area contributed by atoms with Gasteiger partial charge in [0.15, 0.2) is 0 Å². The molecule has 0 bridgehead atoms. The molecule has 0 amide bonds. The Labute approximate surface area is 99.4 Å². The van der Waals surface area contributed by atoms with Crippen LogP contribution in [0.25, 0.3) is 0 Å². The van der Waals surface area contributed by atoms with Crippen molar-refractivity contribution >= 4 is 0 Å². The number of nitrogens with zero attached hydrogens (tertiary/aromatic N) is 1. The summed E-state index contributed by atoms with van der Waals surface area (Å²) in [4.78, 5) is 0. The predicted molar refractivity (Wildman–Crippen MR) is 65.9 cm³/mol. The quantitative estimate of drug-likeness (QED) is 0.741. The van der Waals surface area contributed by atoms with Gasteiger partial charge < -0.3 is 5.32 Å².